The van der Waals surface area contributed by atoms with Crippen LogP contribution in [-0.2, 0) is 0 Å². The van der Waals surface area contributed by atoms with Crippen molar-refractivity contribution >= 4 is 34.8 Å². The maximum absolute atomic E-state index is 5.50. The van der Waals surface area contributed by atoms with Gasteiger partial charge in [-0.3, -0.25) is 0 Å². The van der Waals surface area contributed by atoms with E-state index in [1.807, 2.05) is 0 Å². The van der Waals surface area contributed by atoms with Gasteiger partial charge in [-0.05, 0) is 25.8 Å². The quantitative estimate of drug-likeness (QED) is 0.434. The van der Waals surface area contributed by atoms with Crippen LogP contribution in [0.25, 0.3) is 0 Å². The van der Waals surface area contributed by atoms with Crippen LogP contribution in [0.2, 0.25) is 0 Å². The van der Waals surface area contributed by atoms with Crippen LogP contribution in [0.4, 0.5) is 0 Å². The summed E-state index contributed by atoms with van der Waals surface area (Å²) >= 11 is 16.5. The standard InChI is InChI=1S/C6H8Cl3/c1-3-4-5(2)6(7,8)9/h4H,1,3H2,2H3. The Bertz CT molecular complexity index is 110. The highest BCUT2D eigenvalue weighted by Gasteiger charge is 2.20. The third kappa shape index (κ3) is 4.07. The Morgan fingerprint density at radius 2 is 2.00 bits per heavy atom. The van der Waals surface area contributed by atoms with Gasteiger partial charge in [-0.15, -0.1) is 0 Å². The highest BCUT2D eigenvalue weighted by Crippen LogP contribution is 2.34. The molecule has 0 saturated carbocycles. The van der Waals surface area contributed by atoms with Gasteiger partial charge in [0.2, 0.25) is 3.79 Å². The first-order valence-electron chi connectivity index (χ1n) is 2.51. The van der Waals surface area contributed by atoms with Crippen LogP contribution < -0.4 is 0 Å². The fourth-order valence-corrected chi connectivity index (χ4v) is 0.564. The molecular formula is C6H8Cl3. The topological polar surface area (TPSA) is 0 Å². The molecule has 0 N–H and O–H groups in total. The Morgan fingerprint density at radius 3 is 2.11 bits per heavy atom. The van der Waals surface area contributed by atoms with Gasteiger partial charge in [0.05, 0.1) is 0 Å². The van der Waals surface area contributed by atoms with Crippen LogP contribution in [0.3, 0.4) is 0 Å². The van der Waals surface area contributed by atoms with E-state index >= 15 is 0 Å². The SMILES string of the molecule is [CH2]CC=C(C)C(Cl)(Cl)Cl. The molecule has 0 atom stereocenters. The van der Waals surface area contributed by atoms with E-state index in [0.29, 0.717) is 6.42 Å². The number of allylic oxidation sites excluding steroid dienone is 2. The van der Waals surface area contributed by atoms with E-state index in [4.69, 9.17) is 34.8 Å². The molecule has 53 valence electrons. The second-order valence-corrected chi connectivity index (χ2v) is 3.95. The maximum Gasteiger partial charge on any atom is 0.211 e. The fraction of sp³-hybridized carbons (Fsp3) is 0.500. The summed E-state index contributed by atoms with van der Waals surface area (Å²) in [6, 6.07) is 0. The Balaban J connectivity index is 4.03. The van der Waals surface area contributed by atoms with E-state index < -0.39 is 3.79 Å². The van der Waals surface area contributed by atoms with Gasteiger partial charge in [0.25, 0.3) is 0 Å². The lowest BCUT2D eigenvalue weighted by Crippen LogP contribution is -2.02. The smallest absolute Gasteiger partial charge is 0.0814 e. The molecule has 0 saturated heterocycles. The Morgan fingerprint density at radius 1 is 1.56 bits per heavy atom. The molecule has 0 aromatic heterocycles. The monoisotopic (exact) mass is 185 g/mol. The third-order valence-electron chi connectivity index (χ3n) is 0.898. The van der Waals surface area contributed by atoms with Crippen molar-refractivity contribution in [3.05, 3.63) is 18.6 Å². The molecule has 0 aliphatic carbocycles. The predicted octanol–water partition coefficient (Wildman–Crippen LogP) is 3.53. The van der Waals surface area contributed by atoms with Crippen LogP contribution in [0.5, 0.6) is 0 Å². The lowest BCUT2D eigenvalue weighted by Gasteiger charge is -2.09. The third-order valence-corrected chi connectivity index (χ3v) is 1.79. The molecular weight excluding hydrogens is 178 g/mol. The zero-order valence-electron chi connectivity index (χ0n) is 5.13. The van der Waals surface area contributed by atoms with E-state index in [0.717, 1.165) is 5.57 Å². The van der Waals surface area contributed by atoms with Gasteiger partial charge in [-0.1, -0.05) is 40.9 Å². The molecule has 0 rings (SSSR count). The lowest BCUT2D eigenvalue weighted by atomic mass is 10.3. The molecule has 9 heavy (non-hydrogen) atoms. The van der Waals surface area contributed by atoms with E-state index in [2.05, 4.69) is 6.92 Å². The zero-order chi connectivity index (χ0) is 7.49. The summed E-state index contributed by atoms with van der Waals surface area (Å²) < 4.78 is -1.25. The Labute approximate surface area is 70.8 Å². The van der Waals surface area contributed by atoms with Gasteiger partial charge in [-0.25, -0.2) is 0 Å². The van der Waals surface area contributed by atoms with Crippen molar-refractivity contribution < 1.29 is 0 Å². The summed E-state index contributed by atoms with van der Waals surface area (Å²) in [5.41, 5.74) is 0.725. The number of alkyl halides is 3. The highest BCUT2D eigenvalue weighted by atomic mass is 35.6. The van der Waals surface area contributed by atoms with Crippen molar-refractivity contribution in [2.75, 3.05) is 0 Å². The zero-order valence-corrected chi connectivity index (χ0v) is 7.39. The molecule has 0 bridgehead atoms. The first kappa shape index (κ1) is 9.61. The van der Waals surface area contributed by atoms with Gasteiger partial charge in [0.1, 0.15) is 0 Å². The molecule has 0 heterocycles. The summed E-state index contributed by atoms with van der Waals surface area (Å²) in [6.45, 7) is 5.35. The van der Waals surface area contributed by atoms with E-state index in [9.17, 15) is 0 Å². The minimum absolute atomic E-state index is 0.653. The van der Waals surface area contributed by atoms with Crippen LogP contribution in [0.15, 0.2) is 11.6 Å². The van der Waals surface area contributed by atoms with E-state index in [1.165, 1.54) is 0 Å². The summed E-state index contributed by atoms with van der Waals surface area (Å²) in [5.74, 6) is 0. The van der Waals surface area contributed by atoms with Gasteiger partial charge in [0.15, 0.2) is 0 Å². The first-order valence-corrected chi connectivity index (χ1v) is 3.65. The Kier molecular flexibility index (Phi) is 3.95. The van der Waals surface area contributed by atoms with Gasteiger partial charge < -0.3 is 0 Å². The Hall–Kier alpha value is 0.610. The van der Waals surface area contributed by atoms with Crippen molar-refractivity contribution in [3.8, 4) is 0 Å². The van der Waals surface area contributed by atoms with Crippen LogP contribution in [-0.4, -0.2) is 3.79 Å². The summed E-state index contributed by atoms with van der Waals surface area (Å²) in [5, 5.41) is 0. The molecule has 3 heteroatoms. The minimum atomic E-state index is -1.25. The van der Waals surface area contributed by atoms with Gasteiger partial charge >= 0.3 is 0 Å². The van der Waals surface area contributed by atoms with Crippen molar-refractivity contribution in [1.82, 2.24) is 0 Å². The van der Waals surface area contributed by atoms with Crippen molar-refractivity contribution in [2.24, 2.45) is 0 Å². The van der Waals surface area contributed by atoms with E-state index in [1.54, 1.807) is 13.0 Å². The van der Waals surface area contributed by atoms with Crippen molar-refractivity contribution in [3.63, 3.8) is 0 Å². The summed E-state index contributed by atoms with van der Waals surface area (Å²) in [6.07, 6.45) is 2.44. The summed E-state index contributed by atoms with van der Waals surface area (Å²) in [7, 11) is 0. The van der Waals surface area contributed by atoms with Gasteiger partial charge in [-0.2, -0.15) is 0 Å². The van der Waals surface area contributed by atoms with Crippen molar-refractivity contribution in [1.29, 1.82) is 0 Å². The first-order chi connectivity index (χ1) is 3.98. The molecule has 0 nitrogen and oxygen atoms in total. The second-order valence-electron chi connectivity index (χ2n) is 1.67. The number of halogens is 3. The van der Waals surface area contributed by atoms with Crippen LogP contribution >= 0.6 is 34.8 Å². The average Bonchev–Trinajstić information content (AvgIpc) is 1.64. The maximum atomic E-state index is 5.50. The normalized spacial score (nSPS) is 14.1. The molecule has 0 fully saturated rings. The molecule has 0 amide bonds. The molecule has 0 aromatic rings. The van der Waals surface area contributed by atoms with E-state index in [-0.39, 0.29) is 0 Å². The lowest BCUT2D eigenvalue weighted by molar-refractivity contribution is 1.19. The number of rotatable bonds is 1. The van der Waals surface area contributed by atoms with Gasteiger partial charge in [0, 0.05) is 0 Å². The minimum Gasteiger partial charge on any atom is -0.0814 e. The largest absolute Gasteiger partial charge is 0.211 e. The second kappa shape index (κ2) is 3.70. The molecule has 0 spiro atoms. The van der Waals surface area contributed by atoms with Crippen LogP contribution in [0, 0.1) is 6.92 Å². The fourth-order valence-electron chi connectivity index (χ4n) is 0.332. The molecule has 0 aliphatic rings. The highest BCUT2D eigenvalue weighted by molar-refractivity contribution is 6.69. The molecule has 0 aromatic carbocycles. The van der Waals surface area contributed by atoms with Crippen molar-refractivity contribution in [2.45, 2.75) is 17.1 Å². The average molecular weight is 186 g/mol. The molecule has 0 unspecified atom stereocenters. The number of hydrogen-bond donors (Lipinski definition) is 0. The summed E-state index contributed by atoms with van der Waals surface area (Å²) in [4.78, 5) is 0. The number of hydrogen-bond acceptors (Lipinski definition) is 0. The predicted molar refractivity (Wildman–Crippen MR) is 44.0 cm³/mol. The molecule has 1 radical (unpaired) electrons. The molecule has 0 aliphatic heterocycles. The van der Waals surface area contributed by atoms with Crippen LogP contribution in [0.1, 0.15) is 13.3 Å².